The Balaban J connectivity index is 1.62. The fourth-order valence-corrected chi connectivity index (χ4v) is 2.56. The van der Waals surface area contributed by atoms with Gasteiger partial charge in [0.05, 0.1) is 12.3 Å². The highest BCUT2D eigenvalue weighted by atomic mass is 16.6. The lowest BCUT2D eigenvalue weighted by Crippen LogP contribution is -2.30. The molecule has 20 heavy (non-hydrogen) atoms. The average Bonchev–Trinajstić information content (AvgIpc) is 3.15. The van der Waals surface area contributed by atoms with Crippen molar-refractivity contribution in [3.63, 3.8) is 0 Å². The van der Waals surface area contributed by atoms with E-state index in [1.165, 1.54) is 0 Å². The molecular weight excluding hydrogens is 254 g/mol. The molecular formula is C16H17NO3. The first kappa shape index (κ1) is 12.8. The molecule has 2 heterocycles. The number of likely N-dealkylation sites (tertiary alicyclic amines) is 1. The zero-order valence-corrected chi connectivity index (χ0v) is 11.2. The van der Waals surface area contributed by atoms with Crippen LogP contribution in [-0.4, -0.2) is 17.5 Å². The number of hydrogen-bond donors (Lipinski definition) is 0. The van der Waals surface area contributed by atoms with E-state index in [0.717, 1.165) is 30.7 Å². The van der Waals surface area contributed by atoms with E-state index in [4.69, 9.17) is 9.15 Å². The topological polar surface area (TPSA) is 42.7 Å². The Bertz CT molecular complexity index is 550. The minimum atomic E-state index is -0.271. The maximum atomic E-state index is 12.2. The lowest BCUT2D eigenvalue weighted by atomic mass is 10.2. The second-order valence-corrected chi connectivity index (χ2v) is 4.91. The molecule has 1 aliphatic rings. The molecule has 1 aliphatic heterocycles. The molecule has 2 aromatic rings. The summed E-state index contributed by atoms with van der Waals surface area (Å²) >= 11 is 0. The van der Waals surface area contributed by atoms with Gasteiger partial charge in [-0.05, 0) is 30.5 Å². The average molecular weight is 271 g/mol. The lowest BCUT2D eigenvalue weighted by Gasteiger charge is -2.22. The van der Waals surface area contributed by atoms with Crippen molar-refractivity contribution in [3.05, 3.63) is 60.1 Å². The summed E-state index contributed by atoms with van der Waals surface area (Å²) < 4.78 is 10.8. The van der Waals surface area contributed by atoms with Crippen molar-refractivity contribution >= 4 is 6.09 Å². The van der Waals surface area contributed by atoms with E-state index in [2.05, 4.69) is 0 Å². The van der Waals surface area contributed by atoms with E-state index in [-0.39, 0.29) is 12.1 Å². The van der Waals surface area contributed by atoms with Gasteiger partial charge in [0.2, 0.25) is 0 Å². The number of hydrogen-bond acceptors (Lipinski definition) is 3. The number of nitrogens with zero attached hydrogens (tertiary/aromatic N) is 1. The third-order valence-electron chi connectivity index (χ3n) is 3.56. The first-order valence-corrected chi connectivity index (χ1v) is 6.85. The first-order chi connectivity index (χ1) is 9.84. The molecule has 1 atom stereocenters. The van der Waals surface area contributed by atoms with Crippen molar-refractivity contribution in [1.82, 2.24) is 4.90 Å². The summed E-state index contributed by atoms with van der Waals surface area (Å²) in [4.78, 5) is 13.9. The fourth-order valence-electron chi connectivity index (χ4n) is 2.56. The summed E-state index contributed by atoms with van der Waals surface area (Å²) in [5.41, 5.74) is 0.995. The number of benzene rings is 1. The Morgan fingerprint density at radius 3 is 2.85 bits per heavy atom. The van der Waals surface area contributed by atoms with E-state index in [9.17, 15) is 4.79 Å². The molecule has 0 spiro atoms. The predicted molar refractivity (Wildman–Crippen MR) is 74.0 cm³/mol. The highest BCUT2D eigenvalue weighted by molar-refractivity contribution is 5.68. The van der Waals surface area contributed by atoms with Gasteiger partial charge in [-0.1, -0.05) is 30.3 Å². The quantitative estimate of drug-likeness (QED) is 0.853. The SMILES string of the molecule is O=C(OCc1ccccc1)N1CCC[C@H]1c1ccco1. The van der Waals surface area contributed by atoms with Gasteiger partial charge < -0.3 is 9.15 Å². The third-order valence-corrected chi connectivity index (χ3v) is 3.56. The van der Waals surface area contributed by atoms with Gasteiger partial charge in [-0.15, -0.1) is 0 Å². The van der Waals surface area contributed by atoms with E-state index >= 15 is 0 Å². The summed E-state index contributed by atoms with van der Waals surface area (Å²) in [5, 5.41) is 0. The van der Waals surface area contributed by atoms with Crippen molar-refractivity contribution in [2.45, 2.75) is 25.5 Å². The maximum absolute atomic E-state index is 12.2. The predicted octanol–water partition coefficient (Wildman–Crippen LogP) is 3.75. The molecule has 0 unspecified atom stereocenters. The van der Waals surface area contributed by atoms with E-state index < -0.39 is 0 Å². The standard InChI is InChI=1S/C16H17NO3/c18-16(20-12-13-6-2-1-3-7-13)17-10-4-8-14(17)15-9-5-11-19-15/h1-3,5-7,9,11,14H,4,8,10,12H2/t14-/m0/s1. The van der Waals surface area contributed by atoms with Crippen LogP contribution in [0.4, 0.5) is 4.79 Å². The number of amides is 1. The third kappa shape index (κ3) is 2.69. The van der Waals surface area contributed by atoms with Gasteiger partial charge in [-0.3, -0.25) is 4.90 Å². The van der Waals surface area contributed by atoms with Crippen LogP contribution in [0, 0.1) is 0 Å². The molecule has 1 saturated heterocycles. The second-order valence-electron chi connectivity index (χ2n) is 4.91. The van der Waals surface area contributed by atoms with Crippen molar-refractivity contribution in [2.24, 2.45) is 0 Å². The number of ether oxygens (including phenoxy) is 1. The Morgan fingerprint density at radius 2 is 2.10 bits per heavy atom. The molecule has 0 saturated carbocycles. The van der Waals surface area contributed by atoms with Crippen molar-refractivity contribution in [2.75, 3.05) is 6.54 Å². The van der Waals surface area contributed by atoms with Crippen molar-refractivity contribution < 1.29 is 13.9 Å². The van der Waals surface area contributed by atoms with Crippen LogP contribution in [0.15, 0.2) is 53.1 Å². The summed E-state index contributed by atoms with van der Waals surface area (Å²) in [6.45, 7) is 1.03. The molecule has 1 aromatic carbocycles. The van der Waals surface area contributed by atoms with Gasteiger partial charge in [0.1, 0.15) is 12.4 Å². The Hall–Kier alpha value is -2.23. The van der Waals surface area contributed by atoms with Crippen LogP contribution >= 0.6 is 0 Å². The molecule has 1 fully saturated rings. The molecule has 0 N–H and O–H groups in total. The molecule has 1 aromatic heterocycles. The van der Waals surface area contributed by atoms with Gasteiger partial charge in [0.25, 0.3) is 0 Å². The summed E-state index contributed by atoms with van der Waals surface area (Å²) in [5.74, 6) is 0.833. The van der Waals surface area contributed by atoms with Crippen LogP contribution < -0.4 is 0 Å². The zero-order chi connectivity index (χ0) is 13.8. The van der Waals surface area contributed by atoms with Gasteiger partial charge in [-0.25, -0.2) is 4.79 Å². The van der Waals surface area contributed by atoms with Crippen LogP contribution in [0.25, 0.3) is 0 Å². The molecule has 4 heteroatoms. The van der Waals surface area contributed by atoms with Crippen molar-refractivity contribution in [3.8, 4) is 0 Å². The Labute approximate surface area is 118 Å². The van der Waals surface area contributed by atoms with Gasteiger partial charge in [0, 0.05) is 6.54 Å². The number of carbonyl (C=O) groups excluding carboxylic acids is 1. The molecule has 0 radical (unpaired) electrons. The van der Waals surface area contributed by atoms with Crippen LogP contribution in [0.2, 0.25) is 0 Å². The highest BCUT2D eigenvalue weighted by Gasteiger charge is 2.32. The Kier molecular flexibility index (Phi) is 3.72. The smallest absolute Gasteiger partial charge is 0.410 e. The summed E-state index contributed by atoms with van der Waals surface area (Å²) in [6.07, 6.45) is 3.27. The summed E-state index contributed by atoms with van der Waals surface area (Å²) in [6, 6.07) is 13.5. The molecule has 4 nitrogen and oxygen atoms in total. The van der Waals surface area contributed by atoms with E-state index in [1.807, 2.05) is 42.5 Å². The minimum Gasteiger partial charge on any atom is -0.467 e. The minimum absolute atomic E-state index is 0.00766. The largest absolute Gasteiger partial charge is 0.467 e. The Morgan fingerprint density at radius 1 is 1.25 bits per heavy atom. The molecule has 1 amide bonds. The van der Waals surface area contributed by atoms with Crippen LogP contribution in [0.1, 0.15) is 30.2 Å². The molecule has 3 rings (SSSR count). The van der Waals surface area contributed by atoms with Gasteiger partial charge in [-0.2, -0.15) is 0 Å². The van der Waals surface area contributed by atoms with Crippen molar-refractivity contribution in [1.29, 1.82) is 0 Å². The second kappa shape index (κ2) is 5.82. The molecule has 104 valence electrons. The maximum Gasteiger partial charge on any atom is 0.410 e. The van der Waals surface area contributed by atoms with Crippen LogP contribution in [0.3, 0.4) is 0 Å². The highest BCUT2D eigenvalue weighted by Crippen LogP contribution is 2.32. The van der Waals surface area contributed by atoms with E-state index in [0.29, 0.717) is 6.61 Å². The van der Waals surface area contributed by atoms with Gasteiger partial charge >= 0.3 is 6.09 Å². The number of furan rings is 1. The molecule has 0 bridgehead atoms. The molecule has 0 aliphatic carbocycles. The van der Waals surface area contributed by atoms with E-state index in [1.54, 1.807) is 11.2 Å². The summed E-state index contributed by atoms with van der Waals surface area (Å²) in [7, 11) is 0. The van der Waals surface area contributed by atoms with Gasteiger partial charge in [0.15, 0.2) is 0 Å². The zero-order valence-electron chi connectivity index (χ0n) is 11.2. The number of rotatable bonds is 3. The fraction of sp³-hybridized carbons (Fsp3) is 0.312. The normalized spacial score (nSPS) is 18.2. The first-order valence-electron chi connectivity index (χ1n) is 6.85. The number of carbonyl (C=O) groups is 1. The van der Waals surface area contributed by atoms with Crippen LogP contribution in [-0.2, 0) is 11.3 Å². The monoisotopic (exact) mass is 271 g/mol. The lowest BCUT2D eigenvalue weighted by molar-refractivity contribution is 0.0887. The van der Waals surface area contributed by atoms with Crippen LogP contribution in [0.5, 0.6) is 0 Å².